The Balaban J connectivity index is 1.92. The van der Waals surface area contributed by atoms with Gasteiger partial charge in [0, 0.05) is 12.1 Å². The van der Waals surface area contributed by atoms with Gasteiger partial charge in [-0.3, -0.25) is 0 Å². The Hall–Kier alpha value is -2.30. The molecule has 1 aromatic carbocycles. The summed E-state index contributed by atoms with van der Waals surface area (Å²) in [7, 11) is 0. The largest absolute Gasteiger partial charge is 0.444 e. The van der Waals surface area contributed by atoms with E-state index in [1.54, 1.807) is 6.26 Å². The zero-order valence-corrected chi connectivity index (χ0v) is 12.8. The quantitative estimate of drug-likeness (QED) is 0.935. The van der Waals surface area contributed by atoms with Crippen LogP contribution in [0, 0.1) is 6.92 Å². The average Bonchev–Trinajstić information content (AvgIpc) is 2.82. The van der Waals surface area contributed by atoms with Crippen LogP contribution in [-0.2, 0) is 11.3 Å². The molecule has 1 aromatic heterocycles. The van der Waals surface area contributed by atoms with E-state index < -0.39 is 11.7 Å². The number of carbonyl (C=O) groups excluding carboxylic acids is 1. The Labute approximate surface area is 124 Å². The van der Waals surface area contributed by atoms with Crippen molar-refractivity contribution in [2.75, 3.05) is 0 Å². The lowest BCUT2D eigenvalue weighted by molar-refractivity contribution is 0.0523. The second-order valence-electron chi connectivity index (χ2n) is 5.85. The number of amides is 1. The van der Waals surface area contributed by atoms with Crippen LogP contribution in [-0.4, -0.2) is 16.7 Å². The molecule has 0 bridgehead atoms. The lowest BCUT2D eigenvalue weighted by atomic mass is 10.1. The van der Waals surface area contributed by atoms with Gasteiger partial charge in [0.05, 0.1) is 5.69 Å². The SMILES string of the molecule is Cc1coc(-c2ccc(CNC(=O)OC(C)(C)C)cc2)n1. The predicted octanol–water partition coefficient (Wildman–Crippen LogP) is 3.67. The molecule has 0 unspecified atom stereocenters. The Morgan fingerprint density at radius 1 is 1.29 bits per heavy atom. The van der Waals surface area contributed by atoms with E-state index in [1.165, 1.54) is 0 Å². The van der Waals surface area contributed by atoms with Gasteiger partial charge in [-0.1, -0.05) is 12.1 Å². The maximum atomic E-state index is 11.6. The summed E-state index contributed by atoms with van der Waals surface area (Å²) in [5.41, 5.74) is 2.24. The maximum absolute atomic E-state index is 11.6. The van der Waals surface area contributed by atoms with Crippen LogP contribution in [0.1, 0.15) is 32.0 Å². The molecular formula is C16H20N2O3. The second-order valence-corrected chi connectivity index (χ2v) is 5.85. The van der Waals surface area contributed by atoms with Crippen molar-refractivity contribution in [2.45, 2.75) is 39.8 Å². The molecule has 1 heterocycles. The van der Waals surface area contributed by atoms with Crippen LogP contribution in [0.5, 0.6) is 0 Å². The minimum absolute atomic E-state index is 0.416. The lowest BCUT2D eigenvalue weighted by Crippen LogP contribution is -2.32. The predicted molar refractivity (Wildman–Crippen MR) is 79.7 cm³/mol. The number of carbonyl (C=O) groups is 1. The molecule has 21 heavy (non-hydrogen) atoms. The number of nitrogens with one attached hydrogen (secondary N) is 1. The van der Waals surface area contributed by atoms with Gasteiger partial charge >= 0.3 is 6.09 Å². The van der Waals surface area contributed by atoms with Gasteiger partial charge in [0.1, 0.15) is 11.9 Å². The van der Waals surface area contributed by atoms with Crippen LogP contribution in [0.4, 0.5) is 4.79 Å². The van der Waals surface area contributed by atoms with E-state index in [1.807, 2.05) is 52.0 Å². The monoisotopic (exact) mass is 288 g/mol. The molecule has 0 aliphatic rings. The molecule has 5 nitrogen and oxygen atoms in total. The first-order valence-electron chi connectivity index (χ1n) is 6.82. The molecule has 2 rings (SSSR count). The van der Waals surface area contributed by atoms with Crippen molar-refractivity contribution in [1.82, 2.24) is 10.3 Å². The van der Waals surface area contributed by atoms with Gasteiger partial charge in [-0.25, -0.2) is 9.78 Å². The number of benzene rings is 1. The van der Waals surface area contributed by atoms with Gasteiger partial charge in [-0.15, -0.1) is 0 Å². The lowest BCUT2D eigenvalue weighted by Gasteiger charge is -2.19. The van der Waals surface area contributed by atoms with Crippen molar-refractivity contribution < 1.29 is 13.9 Å². The summed E-state index contributed by atoms with van der Waals surface area (Å²) in [4.78, 5) is 15.8. The highest BCUT2D eigenvalue weighted by molar-refractivity contribution is 5.67. The highest BCUT2D eigenvalue weighted by Gasteiger charge is 2.15. The van der Waals surface area contributed by atoms with E-state index in [2.05, 4.69) is 10.3 Å². The first-order valence-corrected chi connectivity index (χ1v) is 6.82. The zero-order chi connectivity index (χ0) is 15.5. The standard InChI is InChI=1S/C16H20N2O3/c1-11-10-20-14(18-11)13-7-5-12(6-8-13)9-17-15(19)21-16(2,3)4/h5-8,10H,9H2,1-4H3,(H,17,19). The van der Waals surface area contributed by atoms with Crippen molar-refractivity contribution in [3.63, 3.8) is 0 Å². The first kappa shape index (κ1) is 15.1. The molecule has 0 atom stereocenters. The van der Waals surface area contributed by atoms with E-state index in [0.29, 0.717) is 12.4 Å². The van der Waals surface area contributed by atoms with Crippen molar-refractivity contribution in [1.29, 1.82) is 0 Å². The van der Waals surface area contributed by atoms with Crippen LogP contribution in [0.15, 0.2) is 34.9 Å². The number of ether oxygens (including phenoxy) is 1. The summed E-state index contributed by atoms with van der Waals surface area (Å²) in [6.07, 6.45) is 1.20. The molecule has 0 fully saturated rings. The molecule has 0 aliphatic heterocycles. The topological polar surface area (TPSA) is 64.4 Å². The normalized spacial score (nSPS) is 11.2. The summed E-state index contributed by atoms with van der Waals surface area (Å²) >= 11 is 0. The highest BCUT2D eigenvalue weighted by atomic mass is 16.6. The van der Waals surface area contributed by atoms with Crippen LogP contribution in [0.25, 0.3) is 11.5 Å². The Morgan fingerprint density at radius 2 is 1.95 bits per heavy atom. The van der Waals surface area contributed by atoms with E-state index in [0.717, 1.165) is 16.8 Å². The zero-order valence-electron chi connectivity index (χ0n) is 12.8. The fourth-order valence-electron chi connectivity index (χ4n) is 1.74. The van der Waals surface area contributed by atoms with Crippen LogP contribution in [0.2, 0.25) is 0 Å². The van der Waals surface area contributed by atoms with Crippen LogP contribution < -0.4 is 5.32 Å². The second kappa shape index (κ2) is 5.99. The van der Waals surface area contributed by atoms with Gasteiger partial charge in [0.25, 0.3) is 0 Å². The van der Waals surface area contributed by atoms with Crippen molar-refractivity contribution in [3.05, 3.63) is 41.8 Å². The number of oxazole rings is 1. The van der Waals surface area contributed by atoms with Crippen molar-refractivity contribution in [2.24, 2.45) is 0 Å². The third-order valence-corrected chi connectivity index (χ3v) is 2.66. The molecule has 0 spiro atoms. The average molecular weight is 288 g/mol. The summed E-state index contributed by atoms with van der Waals surface area (Å²) < 4.78 is 10.5. The summed E-state index contributed by atoms with van der Waals surface area (Å²) in [5.74, 6) is 0.596. The summed E-state index contributed by atoms with van der Waals surface area (Å²) in [5, 5.41) is 2.72. The molecule has 112 valence electrons. The van der Waals surface area contributed by atoms with E-state index in [4.69, 9.17) is 9.15 Å². The fourth-order valence-corrected chi connectivity index (χ4v) is 1.74. The van der Waals surface area contributed by atoms with Crippen LogP contribution >= 0.6 is 0 Å². The third kappa shape index (κ3) is 4.63. The first-order chi connectivity index (χ1) is 9.83. The van der Waals surface area contributed by atoms with Crippen molar-refractivity contribution >= 4 is 6.09 Å². The highest BCUT2D eigenvalue weighted by Crippen LogP contribution is 2.19. The number of hydrogen-bond donors (Lipinski definition) is 1. The Bertz CT molecular complexity index is 609. The van der Waals surface area contributed by atoms with Crippen molar-refractivity contribution in [3.8, 4) is 11.5 Å². The number of rotatable bonds is 3. The van der Waals surface area contributed by atoms with Gasteiger partial charge in [0.15, 0.2) is 0 Å². The molecule has 1 N–H and O–H groups in total. The fraction of sp³-hybridized carbons (Fsp3) is 0.375. The number of alkyl carbamates (subject to hydrolysis) is 1. The van der Waals surface area contributed by atoms with E-state index in [-0.39, 0.29) is 0 Å². The molecule has 0 aliphatic carbocycles. The molecule has 0 saturated carbocycles. The van der Waals surface area contributed by atoms with E-state index >= 15 is 0 Å². The summed E-state index contributed by atoms with van der Waals surface area (Å²) in [6.45, 7) is 7.80. The molecule has 1 amide bonds. The minimum Gasteiger partial charge on any atom is -0.444 e. The molecule has 2 aromatic rings. The Kier molecular flexibility index (Phi) is 4.31. The number of nitrogens with zero attached hydrogens (tertiary/aromatic N) is 1. The maximum Gasteiger partial charge on any atom is 0.407 e. The molecule has 0 saturated heterocycles. The molecule has 5 heteroatoms. The Morgan fingerprint density at radius 3 is 2.48 bits per heavy atom. The van der Waals surface area contributed by atoms with Gasteiger partial charge < -0.3 is 14.5 Å². The number of aryl methyl sites for hydroxylation is 1. The molecular weight excluding hydrogens is 268 g/mol. The summed E-state index contributed by atoms with van der Waals surface area (Å²) in [6, 6.07) is 7.67. The number of hydrogen-bond acceptors (Lipinski definition) is 4. The molecule has 0 radical (unpaired) electrons. The van der Waals surface area contributed by atoms with E-state index in [9.17, 15) is 4.79 Å². The smallest absolute Gasteiger partial charge is 0.407 e. The minimum atomic E-state index is -0.489. The van der Waals surface area contributed by atoms with Crippen LogP contribution in [0.3, 0.4) is 0 Å². The van der Waals surface area contributed by atoms with Gasteiger partial charge in [-0.2, -0.15) is 0 Å². The van der Waals surface area contributed by atoms with Gasteiger partial charge in [-0.05, 0) is 45.4 Å². The number of aromatic nitrogens is 1. The third-order valence-electron chi connectivity index (χ3n) is 2.66. The van der Waals surface area contributed by atoms with Gasteiger partial charge in [0.2, 0.25) is 5.89 Å².